The number of nitrogens with zero attached hydrogens (tertiary/aromatic N) is 6. The average molecular weight is 401 g/mol. The average Bonchev–Trinajstić information content (AvgIpc) is 3.09. The lowest BCUT2D eigenvalue weighted by molar-refractivity contribution is 0.631. The van der Waals surface area contributed by atoms with E-state index in [4.69, 9.17) is 11.6 Å². The van der Waals surface area contributed by atoms with E-state index < -0.39 is 5.69 Å². The van der Waals surface area contributed by atoms with Crippen LogP contribution < -0.4 is 16.3 Å². The van der Waals surface area contributed by atoms with Crippen molar-refractivity contribution in [3.8, 4) is 0 Å². The molecule has 1 unspecified atom stereocenters. The number of aromatic nitrogens is 4. The van der Waals surface area contributed by atoms with Gasteiger partial charge in [0.2, 0.25) is 5.95 Å². The largest absolute Gasteiger partial charge is 0.332 e. The summed E-state index contributed by atoms with van der Waals surface area (Å²) < 4.78 is 4.54. The quantitative estimate of drug-likeness (QED) is 0.676. The van der Waals surface area contributed by atoms with Gasteiger partial charge in [-0.25, -0.2) is 9.80 Å². The SMILES string of the molecule is CCN1N=C(C)C(C)n2c1nc1c2c(=O)n(Cc2ccc(Cl)cc2)c(=O)n1C. The Labute approximate surface area is 166 Å². The summed E-state index contributed by atoms with van der Waals surface area (Å²) >= 11 is 5.94. The summed E-state index contributed by atoms with van der Waals surface area (Å²) in [5.74, 6) is 0.576. The zero-order valence-electron chi connectivity index (χ0n) is 16.2. The minimum Gasteiger partial charge on any atom is -0.294 e. The van der Waals surface area contributed by atoms with Crippen LogP contribution >= 0.6 is 11.6 Å². The minimum atomic E-state index is -0.406. The second-order valence-corrected chi connectivity index (χ2v) is 7.38. The van der Waals surface area contributed by atoms with Gasteiger partial charge < -0.3 is 0 Å². The molecule has 0 N–H and O–H groups in total. The second-order valence-electron chi connectivity index (χ2n) is 6.95. The normalized spacial score (nSPS) is 16.4. The van der Waals surface area contributed by atoms with Crippen LogP contribution in [0.5, 0.6) is 0 Å². The Morgan fingerprint density at radius 2 is 1.86 bits per heavy atom. The molecule has 0 saturated heterocycles. The van der Waals surface area contributed by atoms with Crippen LogP contribution in [0.4, 0.5) is 5.95 Å². The highest BCUT2D eigenvalue weighted by Gasteiger charge is 2.29. The van der Waals surface area contributed by atoms with Crippen molar-refractivity contribution in [3.05, 3.63) is 55.7 Å². The Kier molecular flexibility index (Phi) is 4.38. The fourth-order valence-electron chi connectivity index (χ4n) is 3.51. The highest BCUT2D eigenvalue weighted by atomic mass is 35.5. The predicted molar refractivity (Wildman–Crippen MR) is 111 cm³/mol. The van der Waals surface area contributed by atoms with Gasteiger partial charge in [0.25, 0.3) is 5.56 Å². The molecule has 0 bridgehead atoms. The van der Waals surface area contributed by atoms with Gasteiger partial charge in [0.05, 0.1) is 18.3 Å². The van der Waals surface area contributed by atoms with E-state index in [1.54, 1.807) is 24.2 Å². The van der Waals surface area contributed by atoms with Crippen molar-refractivity contribution in [1.82, 2.24) is 18.7 Å². The second kappa shape index (κ2) is 6.63. The third kappa shape index (κ3) is 2.67. The van der Waals surface area contributed by atoms with E-state index in [0.29, 0.717) is 28.7 Å². The Balaban J connectivity index is 1.99. The summed E-state index contributed by atoms with van der Waals surface area (Å²) in [5.41, 5.74) is 1.72. The first-order chi connectivity index (χ1) is 13.3. The van der Waals surface area contributed by atoms with Gasteiger partial charge >= 0.3 is 5.69 Å². The molecule has 0 saturated carbocycles. The molecule has 0 amide bonds. The van der Waals surface area contributed by atoms with E-state index in [2.05, 4.69) is 10.1 Å². The predicted octanol–water partition coefficient (Wildman–Crippen LogP) is 2.38. The number of hydrogen-bond donors (Lipinski definition) is 0. The van der Waals surface area contributed by atoms with Crippen LogP contribution in [0.25, 0.3) is 11.2 Å². The highest BCUT2D eigenvalue weighted by molar-refractivity contribution is 6.30. The van der Waals surface area contributed by atoms with Crippen molar-refractivity contribution in [3.63, 3.8) is 0 Å². The van der Waals surface area contributed by atoms with Crippen molar-refractivity contribution in [1.29, 1.82) is 0 Å². The minimum absolute atomic E-state index is 0.128. The lowest BCUT2D eigenvalue weighted by Crippen LogP contribution is -2.40. The fourth-order valence-corrected chi connectivity index (χ4v) is 3.63. The van der Waals surface area contributed by atoms with Gasteiger partial charge in [-0.05, 0) is 38.5 Å². The van der Waals surface area contributed by atoms with Crippen molar-refractivity contribution < 1.29 is 0 Å². The number of hydrazone groups is 1. The van der Waals surface area contributed by atoms with Crippen LogP contribution in [0, 0.1) is 0 Å². The maximum absolute atomic E-state index is 13.4. The molecule has 2 aromatic heterocycles. The number of aryl methyl sites for hydroxylation is 1. The first kappa shape index (κ1) is 18.5. The summed E-state index contributed by atoms with van der Waals surface area (Å²) in [6.07, 6.45) is 0. The zero-order valence-corrected chi connectivity index (χ0v) is 16.9. The molecule has 3 heterocycles. The lowest BCUT2D eigenvalue weighted by Gasteiger charge is -2.28. The van der Waals surface area contributed by atoms with Gasteiger partial charge in [-0.1, -0.05) is 23.7 Å². The van der Waals surface area contributed by atoms with Crippen LogP contribution in [0.2, 0.25) is 5.02 Å². The van der Waals surface area contributed by atoms with Crippen molar-refractivity contribution in [2.45, 2.75) is 33.4 Å². The van der Waals surface area contributed by atoms with E-state index >= 15 is 0 Å². The first-order valence-electron chi connectivity index (χ1n) is 9.12. The van der Waals surface area contributed by atoms with Crippen molar-refractivity contribution >= 4 is 34.4 Å². The van der Waals surface area contributed by atoms with E-state index in [1.807, 2.05) is 37.5 Å². The molecular weight excluding hydrogens is 380 g/mol. The molecule has 1 aliphatic heterocycles. The Hall–Kier alpha value is -2.87. The van der Waals surface area contributed by atoms with Crippen molar-refractivity contribution in [2.24, 2.45) is 12.1 Å². The number of rotatable bonds is 3. The van der Waals surface area contributed by atoms with Gasteiger partial charge in [0.1, 0.15) is 0 Å². The number of anilines is 1. The van der Waals surface area contributed by atoms with Crippen LogP contribution in [-0.4, -0.2) is 30.9 Å². The van der Waals surface area contributed by atoms with Gasteiger partial charge in [-0.15, -0.1) is 0 Å². The lowest BCUT2D eigenvalue weighted by atomic mass is 10.2. The van der Waals surface area contributed by atoms with E-state index in [9.17, 15) is 9.59 Å². The summed E-state index contributed by atoms with van der Waals surface area (Å²) in [7, 11) is 1.64. The van der Waals surface area contributed by atoms with Crippen LogP contribution in [0.1, 0.15) is 32.4 Å². The summed E-state index contributed by atoms with van der Waals surface area (Å²) in [5, 5.41) is 6.91. The molecule has 1 aliphatic rings. The van der Waals surface area contributed by atoms with Crippen LogP contribution in [-0.2, 0) is 13.6 Å². The fraction of sp³-hybridized carbons (Fsp3) is 0.368. The summed E-state index contributed by atoms with van der Waals surface area (Å²) in [6, 6.07) is 6.97. The van der Waals surface area contributed by atoms with Gasteiger partial charge in [-0.2, -0.15) is 10.1 Å². The standard InChI is InChI=1S/C19H21ClN6O2/c1-5-25-18-21-16-15(26(18)12(3)11(2)22-25)17(27)24(19(28)23(16)4)10-13-6-8-14(20)9-7-13/h6-9,12H,5,10H2,1-4H3. The molecule has 8 nitrogen and oxygen atoms in total. The summed E-state index contributed by atoms with van der Waals surface area (Å²) in [4.78, 5) is 30.8. The molecule has 9 heteroatoms. The molecular formula is C19H21ClN6O2. The smallest absolute Gasteiger partial charge is 0.294 e. The molecule has 146 valence electrons. The Morgan fingerprint density at radius 1 is 1.18 bits per heavy atom. The third-order valence-corrected chi connectivity index (χ3v) is 5.46. The Bertz CT molecular complexity index is 1220. The molecule has 1 atom stereocenters. The highest BCUT2D eigenvalue weighted by Crippen LogP contribution is 2.29. The zero-order chi connectivity index (χ0) is 20.2. The first-order valence-corrected chi connectivity index (χ1v) is 9.50. The molecule has 28 heavy (non-hydrogen) atoms. The molecule has 0 spiro atoms. The maximum atomic E-state index is 13.4. The number of halogens is 1. The van der Waals surface area contributed by atoms with Crippen molar-refractivity contribution in [2.75, 3.05) is 11.6 Å². The monoisotopic (exact) mass is 400 g/mol. The number of imidazole rings is 1. The van der Waals surface area contributed by atoms with E-state index in [-0.39, 0.29) is 18.1 Å². The topological polar surface area (TPSA) is 77.4 Å². The third-order valence-electron chi connectivity index (χ3n) is 5.21. The molecule has 0 radical (unpaired) electrons. The number of benzene rings is 1. The number of fused-ring (bicyclic) bond motifs is 3. The molecule has 1 aromatic carbocycles. The number of hydrogen-bond acceptors (Lipinski definition) is 5. The van der Waals surface area contributed by atoms with E-state index in [0.717, 1.165) is 11.3 Å². The van der Waals surface area contributed by atoms with Crippen LogP contribution in [0.15, 0.2) is 39.0 Å². The van der Waals surface area contributed by atoms with Crippen LogP contribution in [0.3, 0.4) is 0 Å². The summed E-state index contributed by atoms with van der Waals surface area (Å²) in [6.45, 7) is 6.65. The van der Waals surface area contributed by atoms with Gasteiger partial charge in [-0.3, -0.25) is 18.5 Å². The Morgan fingerprint density at radius 3 is 2.50 bits per heavy atom. The molecule has 0 aliphatic carbocycles. The van der Waals surface area contributed by atoms with Gasteiger partial charge in [0.15, 0.2) is 11.2 Å². The molecule has 4 rings (SSSR count). The van der Waals surface area contributed by atoms with Gasteiger partial charge in [0, 0.05) is 18.6 Å². The molecule has 0 fully saturated rings. The maximum Gasteiger partial charge on any atom is 0.332 e. The van der Waals surface area contributed by atoms with E-state index in [1.165, 1.54) is 9.13 Å². The molecule has 3 aromatic rings.